The van der Waals surface area contributed by atoms with Crippen LogP contribution in [0.2, 0.25) is 0 Å². The molecule has 0 fully saturated rings. The smallest absolute Gasteiger partial charge is 0.119 e. The summed E-state index contributed by atoms with van der Waals surface area (Å²) in [6.45, 7) is 4.50. The van der Waals surface area contributed by atoms with Gasteiger partial charge in [-0.05, 0) is 77.9 Å². The fourth-order valence-corrected chi connectivity index (χ4v) is 4.80. The van der Waals surface area contributed by atoms with E-state index in [4.69, 9.17) is 4.74 Å². The highest BCUT2D eigenvalue weighted by Gasteiger charge is 2.13. The number of rotatable bonds is 18. The summed E-state index contributed by atoms with van der Waals surface area (Å²) in [5, 5.41) is 13.3. The van der Waals surface area contributed by atoms with E-state index in [2.05, 4.69) is 48.6 Å². The number of phenolic OH excluding ortho intramolecular Hbond substituents is 1. The molecule has 38 heavy (non-hydrogen) atoms. The first kappa shape index (κ1) is 29.4. The minimum Gasteiger partial charge on any atom is -0.508 e. The predicted molar refractivity (Wildman–Crippen MR) is 158 cm³/mol. The van der Waals surface area contributed by atoms with Crippen molar-refractivity contribution in [3.8, 4) is 11.5 Å². The molecular weight excluding hydrogens is 473 g/mol. The van der Waals surface area contributed by atoms with Crippen molar-refractivity contribution in [3.63, 3.8) is 0 Å². The van der Waals surface area contributed by atoms with Crippen molar-refractivity contribution in [2.45, 2.75) is 64.7 Å². The normalized spacial score (nSPS) is 11.8. The van der Waals surface area contributed by atoms with Gasteiger partial charge in [-0.25, -0.2) is 0 Å². The van der Waals surface area contributed by atoms with E-state index in [0.717, 1.165) is 49.2 Å². The molecular formula is C34H44FNO2. The number of alkyl halides is 1. The van der Waals surface area contributed by atoms with Crippen molar-refractivity contribution in [1.82, 2.24) is 5.32 Å². The third kappa shape index (κ3) is 9.98. The van der Waals surface area contributed by atoms with E-state index in [1.807, 2.05) is 30.3 Å². The van der Waals surface area contributed by atoms with Crippen LogP contribution in [0.15, 0.2) is 78.9 Å². The van der Waals surface area contributed by atoms with Gasteiger partial charge >= 0.3 is 0 Å². The molecule has 0 saturated carbocycles. The van der Waals surface area contributed by atoms with Crippen LogP contribution < -0.4 is 10.1 Å². The van der Waals surface area contributed by atoms with Crippen LogP contribution in [0.1, 0.15) is 81.4 Å². The first-order chi connectivity index (χ1) is 18.7. The third-order valence-electron chi connectivity index (χ3n) is 6.86. The summed E-state index contributed by atoms with van der Waals surface area (Å²) >= 11 is 0. The lowest BCUT2D eigenvalue weighted by Crippen LogP contribution is -2.22. The Balaban J connectivity index is 1.49. The molecule has 3 aromatic carbocycles. The quantitative estimate of drug-likeness (QED) is 0.131. The molecule has 0 aliphatic rings. The Morgan fingerprint density at radius 3 is 1.87 bits per heavy atom. The van der Waals surface area contributed by atoms with Crippen molar-refractivity contribution in [2.75, 3.05) is 26.4 Å². The van der Waals surface area contributed by atoms with Gasteiger partial charge in [0.25, 0.3) is 0 Å². The summed E-state index contributed by atoms with van der Waals surface area (Å²) in [5.74, 6) is 1.14. The van der Waals surface area contributed by atoms with Gasteiger partial charge < -0.3 is 15.2 Å². The number of hydrogen-bond acceptors (Lipinski definition) is 3. The Morgan fingerprint density at radius 2 is 1.26 bits per heavy atom. The van der Waals surface area contributed by atoms with Crippen molar-refractivity contribution >= 4 is 11.1 Å². The first-order valence-corrected chi connectivity index (χ1v) is 14.3. The maximum Gasteiger partial charge on any atom is 0.119 e. The highest BCUT2D eigenvalue weighted by Crippen LogP contribution is 2.35. The average molecular weight is 518 g/mol. The molecule has 0 unspecified atom stereocenters. The molecule has 0 heterocycles. The lowest BCUT2D eigenvalue weighted by atomic mass is 9.88. The Hall–Kier alpha value is -3.11. The van der Waals surface area contributed by atoms with Crippen LogP contribution in [0.3, 0.4) is 0 Å². The van der Waals surface area contributed by atoms with Crippen LogP contribution in [0.25, 0.3) is 11.1 Å². The molecule has 3 aromatic rings. The fraction of sp³-hybridized carbons (Fsp3) is 0.412. The number of unbranched alkanes of at least 4 members (excludes halogenated alkanes) is 7. The zero-order valence-corrected chi connectivity index (χ0v) is 22.9. The van der Waals surface area contributed by atoms with Gasteiger partial charge in [-0.1, -0.05) is 100 Å². The highest BCUT2D eigenvalue weighted by molar-refractivity contribution is 5.98. The maximum absolute atomic E-state index is 12.1. The van der Waals surface area contributed by atoms with Crippen LogP contribution in [-0.4, -0.2) is 31.5 Å². The van der Waals surface area contributed by atoms with E-state index >= 15 is 0 Å². The Bertz CT molecular complexity index is 1060. The van der Waals surface area contributed by atoms with Crippen molar-refractivity contribution in [1.29, 1.82) is 0 Å². The standard InChI is InChI=1S/C34H44FNO2/c1-2-33(28-14-10-9-11-15-28)34(29-16-20-31(37)21-17-29)30-18-22-32(23-19-30)38-27-26-36-25-13-8-6-4-3-5-7-12-24-35/h9-11,14-23,36-37H,2-8,12-13,24-27H2,1H3/b34-33-. The third-order valence-corrected chi connectivity index (χ3v) is 6.86. The highest BCUT2D eigenvalue weighted by atomic mass is 19.1. The second-order valence-corrected chi connectivity index (χ2v) is 9.76. The minimum atomic E-state index is -0.172. The summed E-state index contributed by atoms with van der Waals surface area (Å²) in [5.41, 5.74) is 5.86. The lowest BCUT2D eigenvalue weighted by Gasteiger charge is -2.17. The van der Waals surface area contributed by atoms with E-state index in [1.165, 1.54) is 55.2 Å². The molecule has 0 amide bonds. The molecule has 3 rings (SSSR count). The van der Waals surface area contributed by atoms with Crippen molar-refractivity contribution < 1.29 is 14.2 Å². The maximum atomic E-state index is 12.1. The van der Waals surface area contributed by atoms with Crippen molar-refractivity contribution in [2.24, 2.45) is 0 Å². The summed E-state index contributed by atoms with van der Waals surface area (Å²) in [7, 11) is 0. The van der Waals surface area contributed by atoms with E-state index < -0.39 is 0 Å². The monoisotopic (exact) mass is 517 g/mol. The van der Waals surface area contributed by atoms with Crippen molar-refractivity contribution in [3.05, 3.63) is 95.6 Å². The summed E-state index contributed by atoms with van der Waals surface area (Å²) in [6.07, 6.45) is 10.0. The molecule has 0 bridgehead atoms. The van der Waals surface area contributed by atoms with E-state index in [-0.39, 0.29) is 12.4 Å². The molecule has 4 heteroatoms. The number of aromatic hydroxyl groups is 1. The van der Waals surface area contributed by atoms with Gasteiger partial charge in [0.1, 0.15) is 18.1 Å². The molecule has 0 radical (unpaired) electrons. The minimum absolute atomic E-state index is 0.172. The largest absolute Gasteiger partial charge is 0.508 e. The van der Waals surface area contributed by atoms with Crippen LogP contribution in [0, 0.1) is 0 Å². The fourth-order valence-electron chi connectivity index (χ4n) is 4.80. The number of ether oxygens (including phenoxy) is 1. The molecule has 0 aromatic heterocycles. The molecule has 0 atom stereocenters. The summed E-state index contributed by atoms with van der Waals surface area (Å²) in [4.78, 5) is 0. The number of phenols is 1. The lowest BCUT2D eigenvalue weighted by molar-refractivity contribution is 0.313. The molecule has 3 nitrogen and oxygen atoms in total. The molecule has 0 saturated heterocycles. The molecule has 0 aliphatic carbocycles. The summed E-state index contributed by atoms with van der Waals surface area (Å²) < 4.78 is 18.1. The van der Waals surface area contributed by atoms with E-state index in [9.17, 15) is 9.50 Å². The molecule has 204 valence electrons. The first-order valence-electron chi connectivity index (χ1n) is 14.3. The Labute approximate surface area is 228 Å². The second-order valence-electron chi connectivity index (χ2n) is 9.76. The Kier molecular flexibility index (Phi) is 13.5. The number of halogens is 1. The zero-order valence-electron chi connectivity index (χ0n) is 22.9. The van der Waals surface area contributed by atoms with Crippen LogP contribution in [-0.2, 0) is 0 Å². The van der Waals surface area contributed by atoms with Gasteiger partial charge in [-0.3, -0.25) is 4.39 Å². The van der Waals surface area contributed by atoms with Gasteiger partial charge in [-0.2, -0.15) is 0 Å². The molecule has 0 spiro atoms. The predicted octanol–water partition coefficient (Wildman–Crippen LogP) is 8.82. The van der Waals surface area contributed by atoms with E-state index in [0.29, 0.717) is 6.61 Å². The number of hydrogen-bond donors (Lipinski definition) is 2. The SMILES string of the molecule is CC/C(=C(\c1ccc(O)cc1)c1ccc(OCCNCCCCCCCCCCF)cc1)c1ccccc1. The summed E-state index contributed by atoms with van der Waals surface area (Å²) in [6, 6.07) is 26.3. The number of nitrogens with one attached hydrogen (secondary N) is 1. The van der Waals surface area contributed by atoms with E-state index in [1.54, 1.807) is 12.1 Å². The second kappa shape index (κ2) is 17.4. The van der Waals surface area contributed by atoms with Crippen LogP contribution >= 0.6 is 0 Å². The molecule has 0 aliphatic heterocycles. The van der Waals surface area contributed by atoms with Crippen LogP contribution in [0.5, 0.6) is 11.5 Å². The topological polar surface area (TPSA) is 41.5 Å². The van der Waals surface area contributed by atoms with Gasteiger partial charge in [0.05, 0.1) is 6.67 Å². The zero-order chi connectivity index (χ0) is 26.8. The number of benzene rings is 3. The average Bonchev–Trinajstić information content (AvgIpc) is 2.96. The molecule has 2 N–H and O–H groups in total. The van der Waals surface area contributed by atoms with Gasteiger partial charge in [-0.15, -0.1) is 0 Å². The van der Waals surface area contributed by atoms with Crippen LogP contribution in [0.4, 0.5) is 4.39 Å². The van der Waals surface area contributed by atoms with Gasteiger partial charge in [0.2, 0.25) is 0 Å². The van der Waals surface area contributed by atoms with Gasteiger partial charge in [0.15, 0.2) is 0 Å². The Morgan fingerprint density at radius 1 is 0.684 bits per heavy atom. The number of allylic oxidation sites excluding steroid dienone is 1. The van der Waals surface area contributed by atoms with Gasteiger partial charge in [0, 0.05) is 6.54 Å².